The molecule has 0 aliphatic carbocycles. The van der Waals surface area contributed by atoms with Crippen molar-refractivity contribution >= 4 is 70.3 Å². The number of aromatic nitrogens is 1. The second-order valence-corrected chi connectivity index (χ2v) is 8.59. The summed E-state index contributed by atoms with van der Waals surface area (Å²) in [6.45, 7) is 0.757. The molecule has 1 saturated heterocycles. The van der Waals surface area contributed by atoms with Gasteiger partial charge in [0.25, 0.3) is 0 Å². The van der Waals surface area contributed by atoms with Crippen LogP contribution in [0.4, 0.5) is 4.39 Å². The van der Waals surface area contributed by atoms with E-state index in [1.54, 1.807) is 16.5 Å². The Hall–Kier alpha value is -1.86. The maximum absolute atomic E-state index is 13.7. The van der Waals surface area contributed by atoms with Crippen LogP contribution in [-0.2, 0) is 19.1 Å². The van der Waals surface area contributed by atoms with Crippen molar-refractivity contribution in [3.8, 4) is 0 Å². The van der Waals surface area contributed by atoms with Crippen molar-refractivity contribution in [1.82, 2.24) is 15.2 Å². The van der Waals surface area contributed by atoms with E-state index in [0.29, 0.717) is 35.3 Å². The summed E-state index contributed by atoms with van der Waals surface area (Å²) in [5, 5.41) is 15.2. The number of nitrogens with zero attached hydrogens (tertiary/aromatic N) is 3. The molecule has 0 bridgehead atoms. The third kappa shape index (κ3) is 5.68. The van der Waals surface area contributed by atoms with Gasteiger partial charge in [0.2, 0.25) is 0 Å². The third-order valence-corrected chi connectivity index (χ3v) is 6.43. The van der Waals surface area contributed by atoms with Crippen molar-refractivity contribution in [1.29, 1.82) is 0 Å². The van der Waals surface area contributed by atoms with E-state index in [-0.39, 0.29) is 53.3 Å². The van der Waals surface area contributed by atoms with E-state index in [1.807, 2.05) is 0 Å². The number of morpholine rings is 1. The molecule has 2 atom stereocenters. The number of nitrogens with one attached hydrogen (secondary N) is 1. The monoisotopic (exact) mass is 518 g/mol. The zero-order chi connectivity index (χ0) is 23.5. The zero-order valence-electron chi connectivity index (χ0n) is 17.5. The summed E-state index contributed by atoms with van der Waals surface area (Å²) in [5.74, 6) is -1.83. The van der Waals surface area contributed by atoms with Crippen LogP contribution in [0.1, 0.15) is 16.6 Å². The van der Waals surface area contributed by atoms with E-state index >= 15 is 0 Å². The fourth-order valence-electron chi connectivity index (χ4n) is 3.74. The van der Waals surface area contributed by atoms with E-state index in [4.69, 9.17) is 21.1 Å². The Bertz CT molecular complexity index is 1130. The van der Waals surface area contributed by atoms with E-state index in [2.05, 4.69) is 15.3 Å². The summed E-state index contributed by atoms with van der Waals surface area (Å²) >= 11 is 7.68. The first-order chi connectivity index (χ1) is 15.9. The molecule has 0 spiro atoms. The van der Waals surface area contributed by atoms with Gasteiger partial charge in [-0.3, -0.25) is 9.69 Å². The quantitative estimate of drug-likeness (QED) is 0.438. The number of carbonyl (C=O) groups is 2. The number of ether oxygens (including phenoxy) is 2. The number of carbonyl (C=O) groups excluding carboxylic acids is 1. The molecule has 1 aromatic carbocycles. The normalized spacial score (nSPS) is 20.7. The number of aliphatic imine (C=N–C) groups is 1. The molecule has 0 unspecified atom stereocenters. The first-order valence-corrected chi connectivity index (χ1v) is 11.2. The van der Waals surface area contributed by atoms with Crippen LogP contribution in [0.15, 0.2) is 46.0 Å². The summed E-state index contributed by atoms with van der Waals surface area (Å²) in [6.07, 6.45) is 1.62. The molecular weight excluding hydrogens is 498 g/mol. The molecule has 0 amide bonds. The number of methoxy groups -OCH3 is 1. The summed E-state index contributed by atoms with van der Waals surface area (Å²) in [6, 6.07) is 2.17. The number of amidine groups is 1. The van der Waals surface area contributed by atoms with Crippen molar-refractivity contribution in [3.63, 3.8) is 0 Å². The van der Waals surface area contributed by atoms with Crippen molar-refractivity contribution in [2.75, 3.05) is 33.4 Å². The Labute approximate surface area is 225 Å². The minimum absolute atomic E-state index is 0. The molecule has 0 saturated carbocycles. The number of rotatable bonds is 6. The van der Waals surface area contributed by atoms with E-state index in [1.165, 1.54) is 30.6 Å². The Morgan fingerprint density at radius 3 is 2.88 bits per heavy atom. The molecule has 1 aromatic heterocycles. The standard InChI is InChI=1S/C21H20ClFN4O5S.Na.H/c1-31-21(30)16-14(9-27-5-6-32-10-15(27)20(28)29)25-18(19-24-4-7-33-19)26-17(16)12-3-2-11(23)8-13(12)22;;/h2-4,7-8,15,17H,5-6,9-10H2,1H3,(H,25,26)(H,28,29);;/t15-,17-;;/m0../s1. The van der Waals surface area contributed by atoms with Gasteiger partial charge >= 0.3 is 41.5 Å². The molecular formula is C21H21ClFN4NaO5S. The molecule has 2 N–H and O–H groups in total. The first-order valence-electron chi connectivity index (χ1n) is 9.95. The van der Waals surface area contributed by atoms with Crippen LogP contribution in [0, 0.1) is 5.82 Å². The average molecular weight is 519 g/mol. The average Bonchev–Trinajstić information content (AvgIpc) is 3.33. The predicted molar refractivity (Wildman–Crippen MR) is 126 cm³/mol. The van der Waals surface area contributed by atoms with Gasteiger partial charge in [-0.2, -0.15) is 0 Å². The van der Waals surface area contributed by atoms with Crippen molar-refractivity contribution < 1.29 is 28.6 Å². The van der Waals surface area contributed by atoms with Gasteiger partial charge in [0.15, 0.2) is 10.8 Å². The molecule has 34 heavy (non-hydrogen) atoms. The fraction of sp³-hybridized carbons (Fsp3) is 0.333. The number of aliphatic carboxylic acids is 1. The van der Waals surface area contributed by atoms with Gasteiger partial charge in [0.05, 0.1) is 37.6 Å². The molecule has 9 nitrogen and oxygen atoms in total. The SMILES string of the molecule is COC(=O)C1=C(CN2CCOC[C@H]2C(=O)O)N=C(c2nccs2)N[C@H]1c1ccc(F)cc1Cl.[NaH]. The molecule has 0 radical (unpaired) electrons. The van der Waals surface area contributed by atoms with Gasteiger partial charge in [-0.05, 0) is 17.7 Å². The van der Waals surface area contributed by atoms with Crippen LogP contribution in [0.25, 0.3) is 0 Å². The van der Waals surface area contributed by atoms with E-state index in [9.17, 15) is 19.1 Å². The summed E-state index contributed by atoms with van der Waals surface area (Å²) in [4.78, 5) is 35.3. The number of esters is 1. The van der Waals surface area contributed by atoms with Crippen LogP contribution < -0.4 is 5.32 Å². The second-order valence-electron chi connectivity index (χ2n) is 7.29. The Kier molecular flexibility index (Phi) is 9.21. The summed E-state index contributed by atoms with van der Waals surface area (Å²) in [7, 11) is 1.24. The number of thiazole rings is 1. The Balaban J connectivity index is 0.00000324. The number of hydrogen-bond donors (Lipinski definition) is 2. The molecule has 176 valence electrons. The number of carboxylic acid groups (broad SMARTS) is 1. The van der Waals surface area contributed by atoms with Gasteiger partial charge in [0, 0.05) is 29.7 Å². The molecule has 4 rings (SSSR count). The molecule has 13 heteroatoms. The fourth-order valence-corrected chi connectivity index (χ4v) is 4.60. The summed E-state index contributed by atoms with van der Waals surface area (Å²) < 4.78 is 24.1. The Morgan fingerprint density at radius 1 is 1.44 bits per heavy atom. The van der Waals surface area contributed by atoms with Crippen LogP contribution in [0.2, 0.25) is 5.02 Å². The van der Waals surface area contributed by atoms with Gasteiger partial charge in [-0.1, -0.05) is 17.7 Å². The molecule has 3 heterocycles. The van der Waals surface area contributed by atoms with Crippen LogP contribution >= 0.6 is 22.9 Å². The van der Waals surface area contributed by atoms with Crippen LogP contribution in [-0.4, -0.2) is 102 Å². The number of benzene rings is 1. The number of hydrogen-bond acceptors (Lipinski definition) is 9. The van der Waals surface area contributed by atoms with Crippen LogP contribution in [0.3, 0.4) is 0 Å². The van der Waals surface area contributed by atoms with Gasteiger partial charge < -0.3 is 19.9 Å². The second kappa shape index (κ2) is 11.7. The van der Waals surface area contributed by atoms with Crippen molar-refractivity contribution in [3.05, 3.63) is 62.5 Å². The predicted octanol–water partition coefficient (Wildman–Crippen LogP) is 1.59. The first kappa shape index (κ1) is 26.7. The summed E-state index contributed by atoms with van der Waals surface area (Å²) in [5.41, 5.74) is 0.906. The van der Waals surface area contributed by atoms with Crippen molar-refractivity contribution in [2.24, 2.45) is 4.99 Å². The van der Waals surface area contributed by atoms with Gasteiger partial charge in [-0.15, -0.1) is 11.3 Å². The molecule has 2 aliphatic heterocycles. The van der Waals surface area contributed by atoms with Crippen molar-refractivity contribution in [2.45, 2.75) is 12.1 Å². The number of carboxylic acids is 1. The topological polar surface area (TPSA) is 113 Å². The molecule has 2 aliphatic rings. The minimum atomic E-state index is -1.04. The number of halogens is 2. The van der Waals surface area contributed by atoms with Gasteiger partial charge in [-0.25, -0.2) is 19.2 Å². The Morgan fingerprint density at radius 2 is 2.24 bits per heavy atom. The maximum atomic E-state index is 13.7. The van der Waals surface area contributed by atoms with Gasteiger partial charge in [0.1, 0.15) is 11.9 Å². The van der Waals surface area contributed by atoms with E-state index in [0.717, 1.165) is 6.07 Å². The zero-order valence-corrected chi connectivity index (χ0v) is 19.0. The van der Waals surface area contributed by atoms with E-state index < -0.39 is 29.8 Å². The van der Waals surface area contributed by atoms with Crippen LogP contribution in [0.5, 0.6) is 0 Å². The molecule has 2 aromatic rings. The molecule has 1 fully saturated rings. The third-order valence-electron chi connectivity index (χ3n) is 5.32.